The van der Waals surface area contributed by atoms with Crippen LogP contribution in [-0.2, 0) is 6.42 Å². The van der Waals surface area contributed by atoms with E-state index in [0.717, 1.165) is 16.7 Å². The fourth-order valence-electron chi connectivity index (χ4n) is 4.04. The quantitative estimate of drug-likeness (QED) is 0.371. The highest BCUT2D eigenvalue weighted by Crippen LogP contribution is 2.41. The monoisotopic (exact) mass is 429 g/mol. The minimum Gasteiger partial charge on any atom is -0.502 e. The number of benzene rings is 3. The SMILES string of the molecule is CCCc1cc(C2NC(=O)NC(c3ccccc3)=C2c2ccccc2)cc([N+](=O)[O-])c1O. The zero-order valence-electron chi connectivity index (χ0n) is 17.5. The van der Waals surface area contributed by atoms with Crippen molar-refractivity contribution < 1.29 is 14.8 Å². The Morgan fingerprint density at radius 1 is 1.00 bits per heavy atom. The van der Waals surface area contributed by atoms with Crippen LogP contribution in [0.25, 0.3) is 11.3 Å². The molecular formula is C25H23N3O4. The molecule has 32 heavy (non-hydrogen) atoms. The lowest BCUT2D eigenvalue weighted by Gasteiger charge is -2.31. The number of rotatable bonds is 6. The minimum atomic E-state index is -0.642. The van der Waals surface area contributed by atoms with E-state index in [1.807, 2.05) is 67.6 Å². The third kappa shape index (κ3) is 4.05. The molecule has 162 valence electrons. The molecule has 0 radical (unpaired) electrons. The number of nitro benzene ring substituents is 1. The van der Waals surface area contributed by atoms with E-state index in [-0.39, 0.29) is 11.4 Å². The molecule has 1 aliphatic heterocycles. The first-order valence-corrected chi connectivity index (χ1v) is 10.4. The van der Waals surface area contributed by atoms with E-state index in [1.165, 1.54) is 6.07 Å². The van der Waals surface area contributed by atoms with Gasteiger partial charge in [-0.2, -0.15) is 0 Å². The average molecular weight is 429 g/mol. The number of amides is 2. The van der Waals surface area contributed by atoms with Crippen LogP contribution in [0.1, 0.15) is 41.6 Å². The van der Waals surface area contributed by atoms with E-state index in [9.17, 15) is 20.0 Å². The summed E-state index contributed by atoms with van der Waals surface area (Å²) in [6, 6.07) is 21.1. The molecule has 1 aliphatic rings. The van der Waals surface area contributed by atoms with Gasteiger partial charge >= 0.3 is 11.7 Å². The van der Waals surface area contributed by atoms with Crippen LogP contribution in [0.2, 0.25) is 0 Å². The molecule has 1 unspecified atom stereocenters. The van der Waals surface area contributed by atoms with E-state index in [1.54, 1.807) is 6.07 Å². The van der Waals surface area contributed by atoms with Gasteiger partial charge in [0.05, 0.1) is 16.7 Å². The Labute approximate surface area is 185 Å². The van der Waals surface area contributed by atoms with Crippen molar-refractivity contribution in [2.45, 2.75) is 25.8 Å². The Kier molecular flexibility index (Phi) is 5.89. The van der Waals surface area contributed by atoms with Crippen LogP contribution >= 0.6 is 0 Å². The third-order valence-electron chi connectivity index (χ3n) is 5.46. The predicted molar refractivity (Wildman–Crippen MR) is 123 cm³/mol. The molecule has 4 rings (SSSR count). The van der Waals surface area contributed by atoms with Crippen molar-refractivity contribution in [2.75, 3.05) is 0 Å². The molecule has 7 heteroatoms. The lowest BCUT2D eigenvalue weighted by molar-refractivity contribution is -0.386. The topological polar surface area (TPSA) is 104 Å². The second kappa shape index (κ2) is 8.93. The van der Waals surface area contributed by atoms with Crippen LogP contribution in [-0.4, -0.2) is 16.1 Å². The van der Waals surface area contributed by atoms with Crippen LogP contribution < -0.4 is 10.6 Å². The lowest BCUT2D eigenvalue weighted by Crippen LogP contribution is -2.43. The Morgan fingerprint density at radius 2 is 1.62 bits per heavy atom. The van der Waals surface area contributed by atoms with Crippen LogP contribution in [0.4, 0.5) is 10.5 Å². The molecule has 0 spiro atoms. The van der Waals surface area contributed by atoms with Crippen molar-refractivity contribution >= 4 is 23.0 Å². The van der Waals surface area contributed by atoms with Gasteiger partial charge in [-0.05, 0) is 29.2 Å². The third-order valence-corrected chi connectivity index (χ3v) is 5.46. The Hall–Kier alpha value is -4.13. The number of urea groups is 1. The Morgan fingerprint density at radius 3 is 2.22 bits per heavy atom. The fraction of sp³-hybridized carbons (Fsp3) is 0.160. The molecule has 3 aromatic rings. The molecule has 0 aliphatic carbocycles. The summed E-state index contributed by atoms with van der Waals surface area (Å²) in [5, 5.41) is 27.9. The average Bonchev–Trinajstić information content (AvgIpc) is 2.81. The maximum Gasteiger partial charge on any atom is 0.320 e. The minimum absolute atomic E-state index is 0.325. The van der Waals surface area contributed by atoms with E-state index >= 15 is 0 Å². The van der Waals surface area contributed by atoms with Gasteiger partial charge in [-0.15, -0.1) is 0 Å². The van der Waals surface area contributed by atoms with Gasteiger partial charge < -0.3 is 15.7 Å². The second-order valence-electron chi connectivity index (χ2n) is 7.61. The number of aryl methyl sites for hydroxylation is 1. The maximum absolute atomic E-state index is 12.7. The number of aromatic hydroxyl groups is 1. The highest BCUT2D eigenvalue weighted by Gasteiger charge is 2.32. The van der Waals surface area contributed by atoms with Crippen LogP contribution in [0.15, 0.2) is 72.8 Å². The normalized spacial score (nSPS) is 15.8. The highest BCUT2D eigenvalue weighted by molar-refractivity contribution is 6.03. The Balaban J connectivity index is 1.98. The first-order valence-electron chi connectivity index (χ1n) is 10.4. The van der Waals surface area contributed by atoms with Crippen molar-refractivity contribution in [3.8, 4) is 5.75 Å². The number of phenolic OH excluding ortho intramolecular Hbond substituents is 1. The van der Waals surface area contributed by atoms with E-state index in [0.29, 0.717) is 29.7 Å². The van der Waals surface area contributed by atoms with E-state index in [2.05, 4.69) is 10.6 Å². The summed E-state index contributed by atoms with van der Waals surface area (Å²) in [6.45, 7) is 1.94. The first kappa shape index (κ1) is 21.1. The first-order chi connectivity index (χ1) is 15.5. The van der Waals surface area contributed by atoms with Gasteiger partial charge in [0.15, 0.2) is 5.75 Å². The molecule has 3 aromatic carbocycles. The molecule has 0 aromatic heterocycles. The van der Waals surface area contributed by atoms with Crippen LogP contribution in [0.5, 0.6) is 5.75 Å². The molecular weight excluding hydrogens is 406 g/mol. The number of carbonyl (C=O) groups excluding carboxylic acids is 1. The van der Waals surface area contributed by atoms with Gasteiger partial charge in [-0.1, -0.05) is 74.0 Å². The molecule has 0 bridgehead atoms. The van der Waals surface area contributed by atoms with Crippen molar-refractivity contribution in [1.29, 1.82) is 0 Å². The van der Waals surface area contributed by atoms with Crippen molar-refractivity contribution in [2.24, 2.45) is 0 Å². The second-order valence-corrected chi connectivity index (χ2v) is 7.61. The molecule has 0 fully saturated rings. The number of nitrogens with one attached hydrogen (secondary N) is 2. The van der Waals surface area contributed by atoms with Crippen molar-refractivity contribution in [1.82, 2.24) is 10.6 Å². The standard InChI is InChI=1S/C25H23N3O4/c1-2-9-18-14-19(15-20(24(18)29)28(31)32)23-21(16-10-5-3-6-11-16)22(26-25(30)27-23)17-12-7-4-8-13-17/h3-8,10-15,23,29H,2,9H2,1H3,(H2,26,27,30). The number of carbonyl (C=O) groups is 1. The van der Waals surface area contributed by atoms with Gasteiger partial charge in [-0.3, -0.25) is 10.1 Å². The smallest absolute Gasteiger partial charge is 0.320 e. The summed E-state index contributed by atoms with van der Waals surface area (Å²) < 4.78 is 0. The number of nitrogens with zero attached hydrogens (tertiary/aromatic N) is 1. The summed E-state index contributed by atoms with van der Waals surface area (Å²) in [4.78, 5) is 23.7. The Bertz CT molecular complexity index is 1190. The molecule has 0 saturated heterocycles. The summed E-state index contributed by atoms with van der Waals surface area (Å²) in [7, 11) is 0. The largest absolute Gasteiger partial charge is 0.502 e. The summed E-state index contributed by atoms with van der Waals surface area (Å²) in [6.07, 6.45) is 1.19. The fourth-order valence-corrected chi connectivity index (χ4v) is 4.04. The van der Waals surface area contributed by atoms with Gasteiger partial charge in [-0.25, -0.2) is 4.79 Å². The molecule has 0 saturated carbocycles. The zero-order chi connectivity index (χ0) is 22.7. The number of phenols is 1. The molecule has 7 nitrogen and oxygen atoms in total. The molecule has 3 N–H and O–H groups in total. The van der Waals surface area contributed by atoms with E-state index in [4.69, 9.17) is 0 Å². The van der Waals surface area contributed by atoms with Gasteiger partial charge in [0.2, 0.25) is 0 Å². The summed E-state index contributed by atoms with van der Waals surface area (Å²) in [5.74, 6) is -0.325. The summed E-state index contributed by atoms with van der Waals surface area (Å²) in [5.41, 5.74) is 3.78. The highest BCUT2D eigenvalue weighted by atomic mass is 16.6. The molecule has 1 heterocycles. The maximum atomic E-state index is 12.7. The van der Waals surface area contributed by atoms with Crippen molar-refractivity contribution in [3.63, 3.8) is 0 Å². The van der Waals surface area contributed by atoms with Gasteiger partial charge in [0, 0.05) is 17.2 Å². The predicted octanol–water partition coefficient (Wildman–Crippen LogP) is 5.18. The van der Waals surface area contributed by atoms with Gasteiger partial charge in [0.25, 0.3) is 0 Å². The van der Waals surface area contributed by atoms with Crippen molar-refractivity contribution in [3.05, 3.63) is 105 Å². The van der Waals surface area contributed by atoms with Gasteiger partial charge in [0.1, 0.15) is 0 Å². The molecule has 2 amide bonds. The van der Waals surface area contributed by atoms with Crippen LogP contribution in [0.3, 0.4) is 0 Å². The summed E-state index contributed by atoms with van der Waals surface area (Å²) >= 11 is 0. The number of hydrogen-bond acceptors (Lipinski definition) is 4. The number of nitro groups is 1. The molecule has 1 atom stereocenters. The van der Waals surface area contributed by atoms with E-state index < -0.39 is 17.0 Å². The zero-order valence-corrected chi connectivity index (χ0v) is 17.5. The van der Waals surface area contributed by atoms with Crippen LogP contribution in [0, 0.1) is 10.1 Å². The lowest BCUT2D eigenvalue weighted by atomic mass is 9.86. The number of hydrogen-bond donors (Lipinski definition) is 3.